The van der Waals surface area contributed by atoms with Crippen LogP contribution >= 0.6 is 12.0 Å². The smallest absolute Gasteiger partial charge is 0.157 e. The van der Waals surface area contributed by atoms with Gasteiger partial charge in [0.15, 0.2) is 11.3 Å². The number of pyridine rings is 1. The molecule has 1 aliphatic rings. The highest BCUT2D eigenvalue weighted by Gasteiger charge is 2.17. The molecular weight excluding hydrogens is 310 g/mol. The van der Waals surface area contributed by atoms with Crippen molar-refractivity contribution in [3.05, 3.63) is 49.0 Å². The molecule has 0 unspecified atom stereocenters. The van der Waals surface area contributed by atoms with E-state index >= 15 is 0 Å². The maximum Gasteiger partial charge on any atom is 0.157 e. The van der Waals surface area contributed by atoms with Crippen molar-refractivity contribution in [1.82, 2.24) is 10.3 Å². The summed E-state index contributed by atoms with van der Waals surface area (Å²) in [6.45, 7) is 3.94. The van der Waals surface area contributed by atoms with Gasteiger partial charge in [-0.05, 0) is 30.3 Å². The highest BCUT2D eigenvalue weighted by molar-refractivity contribution is 7.95. The van der Waals surface area contributed by atoms with E-state index in [0.29, 0.717) is 0 Å². The third kappa shape index (κ3) is 3.13. The van der Waals surface area contributed by atoms with E-state index in [0.717, 1.165) is 53.5 Å². The molecule has 118 valence electrons. The van der Waals surface area contributed by atoms with Gasteiger partial charge in [-0.1, -0.05) is 0 Å². The summed E-state index contributed by atoms with van der Waals surface area (Å²) in [5, 5.41) is 4.47. The van der Waals surface area contributed by atoms with Crippen LogP contribution < -0.4 is 14.4 Å². The van der Waals surface area contributed by atoms with Gasteiger partial charge in [-0.15, -0.1) is 0 Å². The summed E-state index contributed by atoms with van der Waals surface area (Å²) < 4.78 is 11.5. The number of hydrogen-bond acceptors (Lipinski definition) is 6. The summed E-state index contributed by atoms with van der Waals surface area (Å²) in [6, 6.07) is 9.98. The molecule has 1 aromatic carbocycles. The molecule has 23 heavy (non-hydrogen) atoms. The van der Waals surface area contributed by atoms with Crippen LogP contribution in [0.3, 0.4) is 0 Å². The maximum absolute atomic E-state index is 5.75. The Morgan fingerprint density at radius 2 is 2.13 bits per heavy atom. The zero-order valence-corrected chi connectivity index (χ0v) is 13.4. The Bertz CT molecular complexity index is 785. The van der Waals surface area contributed by atoms with Gasteiger partial charge >= 0.3 is 0 Å². The van der Waals surface area contributed by atoms with E-state index in [1.807, 2.05) is 18.2 Å². The second-order valence-electron chi connectivity index (χ2n) is 5.37. The van der Waals surface area contributed by atoms with Crippen molar-refractivity contribution in [2.24, 2.45) is 0 Å². The summed E-state index contributed by atoms with van der Waals surface area (Å²) in [5.41, 5.74) is 2.07. The molecule has 0 saturated carbocycles. The van der Waals surface area contributed by atoms with Crippen LogP contribution in [-0.4, -0.2) is 31.2 Å². The van der Waals surface area contributed by atoms with Crippen LogP contribution in [0.2, 0.25) is 0 Å². The molecule has 2 aromatic heterocycles. The molecule has 0 bridgehead atoms. The van der Waals surface area contributed by atoms with Crippen LogP contribution in [0.15, 0.2) is 58.3 Å². The third-order valence-corrected chi connectivity index (χ3v) is 4.54. The lowest BCUT2D eigenvalue weighted by Crippen LogP contribution is -2.43. The molecule has 6 heteroatoms. The minimum absolute atomic E-state index is 0.744. The number of aromatic nitrogens is 1. The van der Waals surface area contributed by atoms with E-state index < -0.39 is 0 Å². The minimum Gasteiger partial charge on any atom is -0.462 e. The Morgan fingerprint density at radius 3 is 2.96 bits per heavy atom. The molecule has 1 fully saturated rings. The van der Waals surface area contributed by atoms with E-state index in [2.05, 4.69) is 27.3 Å². The first-order chi connectivity index (χ1) is 11.4. The van der Waals surface area contributed by atoms with Gasteiger partial charge in [0.05, 0.1) is 35.1 Å². The van der Waals surface area contributed by atoms with Crippen molar-refractivity contribution in [3.8, 4) is 5.75 Å². The molecule has 0 spiro atoms. The topological polar surface area (TPSA) is 50.5 Å². The molecule has 5 nitrogen and oxygen atoms in total. The van der Waals surface area contributed by atoms with E-state index in [9.17, 15) is 0 Å². The number of nitrogens with one attached hydrogen (secondary N) is 1. The molecule has 1 aliphatic heterocycles. The molecular formula is C17H17N3O2S. The second-order valence-corrected chi connectivity index (χ2v) is 6.18. The predicted molar refractivity (Wildman–Crippen MR) is 92.0 cm³/mol. The summed E-state index contributed by atoms with van der Waals surface area (Å²) in [4.78, 5) is 7.47. The summed E-state index contributed by atoms with van der Waals surface area (Å²) in [6.07, 6.45) is 5.19. The number of benzene rings is 1. The quantitative estimate of drug-likeness (QED) is 0.742. The summed E-state index contributed by atoms with van der Waals surface area (Å²) >= 11 is 1.35. The third-order valence-electron chi connectivity index (χ3n) is 3.83. The van der Waals surface area contributed by atoms with Crippen LogP contribution in [0.1, 0.15) is 0 Å². The van der Waals surface area contributed by atoms with E-state index in [-0.39, 0.29) is 0 Å². The van der Waals surface area contributed by atoms with Gasteiger partial charge in [0.2, 0.25) is 0 Å². The van der Waals surface area contributed by atoms with Crippen LogP contribution in [0.4, 0.5) is 5.69 Å². The van der Waals surface area contributed by atoms with Gasteiger partial charge in [0, 0.05) is 37.8 Å². The highest BCUT2D eigenvalue weighted by Crippen LogP contribution is 2.34. The molecule has 0 amide bonds. The number of rotatable bonds is 4. The number of hydrogen-bond donors (Lipinski definition) is 1. The van der Waals surface area contributed by atoms with Crippen LogP contribution in [-0.2, 0) is 0 Å². The van der Waals surface area contributed by atoms with Gasteiger partial charge in [-0.2, -0.15) is 0 Å². The monoisotopic (exact) mass is 327 g/mol. The predicted octanol–water partition coefficient (Wildman–Crippen LogP) is 3.32. The fraction of sp³-hybridized carbons (Fsp3) is 0.235. The summed E-state index contributed by atoms with van der Waals surface area (Å²) in [7, 11) is 0. The van der Waals surface area contributed by atoms with Gasteiger partial charge in [0.1, 0.15) is 0 Å². The second kappa shape index (κ2) is 6.52. The lowest BCUT2D eigenvalue weighted by Gasteiger charge is -2.29. The van der Waals surface area contributed by atoms with Crippen LogP contribution in [0.25, 0.3) is 11.0 Å². The Morgan fingerprint density at radius 1 is 1.22 bits per heavy atom. The average Bonchev–Trinajstić information content (AvgIpc) is 3.09. The van der Waals surface area contributed by atoms with Crippen molar-refractivity contribution in [3.63, 3.8) is 0 Å². The van der Waals surface area contributed by atoms with Crippen molar-refractivity contribution < 1.29 is 8.60 Å². The van der Waals surface area contributed by atoms with E-state index in [4.69, 9.17) is 8.60 Å². The Balaban J connectivity index is 1.62. The maximum atomic E-state index is 5.75. The number of fused-ring (bicyclic) bond motifs is 1. The molecule has 0 aliphatic carbocycles. The van der Waals surface area contributed by atoms with Crippen LogP contribution in [0, 0.1) is 0 Å². The van der Waals surface area contributed by atoms with Gasteiger partial charge in [0.25, 0.3) is 0 Å². The largest absolute Gasteiger partial charge is 0.462 e. The minimum atomic E-state index is 0.744. The van der Waals surface area contributed by atoms with Crippen LogP contribution in [0.5, 0.6) is 5.75 Å². The molecule has 4 rings (SSSR count). The average molecular weight is 327 g/mol. The number of piperazine rings is 1. The first kappa shape index (κ1) is 14.4. The Kier molecular flexibility index (Phi) is 4.08. The molecule has 1 N–H and O–H groups in total. The first-order valence-corrected chi connectivity index (χ1v) is 8.36. The zero-order chi connectivity index (χ0) is 15.5. The Labute approximate surface area is 138 Å². The van der Waals surface area contributed by atoms with Crippen molar-refractivity contribution >= 4 is 28.7 Å². The van der Waals surface area contributed by atoms with Crippen molar-refractivity contribution in [1.29, 1.82) is 0 Å². The fourth-order valence-electron chi connectivity index (χ4n) is 2.72. The number of nitrogens with zero attached hydrogens (tertiary/aromatic N) is 2. The molecule has 0 atom stereocenters. The molecule has 1 saturated heterocycles. The molecule has 3 aromatic rings. The number of furan rings is 1. The normalized spacial score (nSPS) is 15.0. The van der Waals surface area contributed by atoms with Crippen molar-refractivity contribution in [2.75, 3.05) is 31.1 Å². The fourth-order valence-corrected chi connectivity index (χ4v) is 3.34. The van der Waals surface area contributed by atoms with E-state index in [1.54, 1.807) is 18.7 Å². The SMILES string of the molecule is c1cncc(OSc2cc(N3CCNCC3)c3occc3c2)c1. The highest BCUT2D eigenvalue weighted by atomic mass is 32.2. The number of anilines is 1. The lowest BCUT2D eigenvalue weighted by molar-refractivity contribution is 0.578. The summed E-state index contributed by atoms with van der Waals surface area (Å²) in [5.74, 6) is 0.744. The van der Waals surface area contributed by atoms with Gasteiger partial charge in [-0.25, -0.2) is 0 Å². The zero-order valence-electron chi connectivity index (χ0n) is 12.6. The molecule has 0 radical (unpaired) electrons. The van der Waals surface area contributed by atoms with Gasteiger partial charge in [-0.3, -0.25) is 4.98 Å². The standard InChI is InChI=1S/C17H17N3O2S/c1-2-14(12-19-4-1)22-23-15-10-13-3-9-21-17(13)16(11-15)20-7-5-18-6-8-20/h1-4,9-12,18H,5-8H2. The lowest BCUT2D eigenvalue weighted by atomic mass is 10.2. The van der Waals surface area contributed by atoms with Gasteiger partial charge < -0.3 is 18.8 Å². The van der Waals surface area contributed by atoms with E-state index in [1.165, 1.54) is 12.0 Å². The Hall–Kier alpha value is -2.18. The van der Waals surface area contributed by atoms with Crippen molar-refractivity contribution in [2.45, 2.75) is 4.90 Å². The molecule has 3 heterocycles. The first-order valence-electron chi connectivity index (χ1n) is 7.62.